The fourth-order valence-corrected chi connectivity index (χ4v) is 4.27. The number of carbonyl (C=O) groups excluding carboxylic acids is 1. The normalized spacial score (nSPS) is 11.5. The van der Waals surface area contributed by atoms with E-state index in [1.807, 2.05) is 18.4 Å². The number of benzene rings is 2. The highest BCUT2D eigenvalue weighted by molar-refractivity contribution is 7.09. The van der Waals surface area contributed by atoms with Gasteiger partial charge < -0.3 is 9.30 Å². The lowest BCUT2D eigenvalue weighted by Crippen LogP contribution is -2.17. The number of rotatable bonds is 6. The van der Waals surface area contributed by atoms with E-state index in [1.165, 1.54) is 42.7 Å². The van der Waals surface area contributed by atoms with E-state index < -0.39 is 10.8 Å². The van der Waals surface area contributed by atoms with Gasteiger partial charge in [-0.3, -0.25) is 14.9 Å². The molecule has 9 heteroatoms. The maximum absolute atomic E-state index is 13.4. The molecule has 3 rings (SSSR count). The van der Waals surface area contributed by atoms with E-state index in [9.17, 15) is 19.3 Å². The van der Waals surface area contributed by atoms with Crippen LogP contribution in [-0.4, -0.2) is 22.5 Å². The summed E-state index contributed by atoms with van der Waals surface area (Å²) >= 11 is 1.37. The van der Waals surface area contributed by atoms with Gasteiger partial charge in [0.1, 0.15) is 5.82 Å². The molecule has 2 aromatic carbocycles. The third-order valence-electron chi connectivity index (χ3n) is 4.55. The third kappa shape index (κ3) is 4.16. The highest BCUT2D eigenvalue weighted by Crippen LogP contribution is 2.29. The molecule has 0 N–H and O–H groups in total. The topological polar surface area (TPSA) is 86.7 Å². The summed E-state index contributed by atoms with van der Waals surface area (Å²) in [6.07, 6.45) is 0.717. The smallest absolute Gasteiger partial charge is 0.311 e. The Balaban J connectivity index is 2.11. The van der Waals surface area contributed by atoms with E-state index in [0.29, 0.717) is 11.3 Å². The van der Waals surface area contributed by atoms with Crippen molar-refractivity contribution in [2.45, 2.75) is 26.8 Å². The summed E-state index contributed by atoms with van der Waals surface area (Å²) in [5, 5.41) is 11.2. The number of aryl methyl sites for hydroxylation is 1. The number of amides is 1. The van der Waals surface area contributed by atoms with Crippen LogP contribution in [0.5, 0.6) is 5.75 Å². The molecule has 0 saturated carbocycles. The van der Waals surface area contributed by atoms with Gasteiger partial charge in [-0.05, 0) is 55.3 Å². The number of hydrogen-bond donors (Lipinski definition) is 0. The summed E-state index contributed by atoms with van der Waals surface area (Å²) in [6.45, 7) is 4.48. The van der Waals surface area contributed by atoms with Crippen molar-refractivity contribution >= 4 is 22.9 Å². The average Bonchev–Trinajstić information content (AvgIpc) is 3.10. The van der Waals surface area contributed by atoms with Gasteiger partial charge in [-0.1, -0.05) is 6.92 Å². The number of aromatic nitrogens is 1. The Morgan fingerprint density at radius 2 is 1.93 bits per heavy atom. The molecule has 0 aliphatic heterocycles. The van der Waals surface area contributed by atoms with E-state index in [2.05, 4.69) is 4.99 Å². The van der Waals surface area contributed by atoms with Gasteiger partial charge in [-0.15, -0.1) is 11.3 Å². The minimum Gasteiger partial charge on any atom is -0.490 e. The molecule has 3 aromatic rings. The summed E-state index contributed by atoms with van der Waals surface area (Å²) in [5.74, 6) is -0.836. The van der Waals surface area contributed by atoms with Crippen molar-refractivity contribution in [2.24, 2.45) is 4.99 Å². The van der Waals surface area contributed by atoms with E-state index in [0.717, 1.165) is 28.6 Å². The van der Waals surface area contributed by atoms with Gasteiger partial charge in [0.15, 0.2) is 10.6 Å². The van der Waals surface area contributed by atoms with Gasteiger partial charge in [0.2, 0.25) is 0 Å². The van der Waals surface area contributed by atoms with E-state index in [4.69, 9.17) is 4.74 Å². The third-order valence-corrected chi connectivity index (χ3v) is 5.78. The van der Waals surface area contributed by atoms with Crippen LogP contribution in [0.25, 0.3) is 11.3 Å². The second-order valence-electron chi connectivity index (χ2n) is 6.32. The first-order valence-corrected chi connectivity index (χ1v) is 10.1. The first-order valence-electron chi connectivity index (χ1n) is 9.29. The number of nitro benzene ring substituents is 1. The SMILES string of the molecule is CCc1sc(=NC(=O)c2ccc(OC)c([N+](=O)[O-])c2)n(CC)c1-c1ccc(F)cc1. The van der Waals surface area contributed by atoms with E-state index in [-0.39, 0.29) is 22.8 Å². The molecule has 156 valence electrons. The van der Waals surface area contributed by atoms with Gasteiger partial charge in [-0.2, -0.15) is 4.99 Å². The first-order chi connectivity index (χ1) is 14.4. The van der Waals surface area contributed by atoms with Crippen molar-refractivity contribution < 1.29 is 18.8 Å². The molecule has 0 aliphatic rings. The number of hydrogen-bond acceptors (Lipinski definition) is 5. The second kappa shape index (κ2) is 9.00. The number of ether oxygens (including phenoxy) is 1. The number of carbonyl (C=O) groups is 1. The Bertz CT molecular complexity index is 1170. The molecule has 1 amide bonds. The molecule has 0 radical (unpaired) electrons. The molecule has 1 aromatic heterocycles. The lowest BCUT2D eigenvalue weighted by molar-refractivity contribution is -0.385. The molecule has 30 heavy (non-hydrogen) atoms. The van der Waals surface area contributed by atoms with Gasteiger partial charge in [0, 0.05) is 23.1 Å². The molecule has 0 bridgehead atoms. The van der Waals surface area contributed by atoms with Gasteiger partial charge in [0.05, 0.1) is 17.7 Å². The fraction of sp³-hybridized carbons (Fsp3) is 0.238. The number of nitrogens with zero attached hydrogens (tertiary/aromatic N) is 3. The molecular formula is C21H20FN3O4S. The molecule has 0 fully saturated rings. The standard InChI is InChI=1S/C21H20FN3O4S/c1-4-18-19(13-6-9-15(22)10-7-13)24(5-2)21(30-18)23-20(26)14-8-11-17(29-3)16(12-14)25(27)28/h6-12H,4-5H2,1-3H3. The number of methoxy groups -OCH3 is 1. The largest absolute Gasteiger partial charge is 0.490 e. The predicted octanol–water partition coefficient (Wildman–Crippen LogP) is 4.60. The average molecular weight is 429 g/mol. The summed E-state index contributed by atoms with van der Waals surface area (Å²) in [7, 11) is 1.33. The molecule has 0 atom stereocenters. The van der Waals surface area contributed by atoms with Crippen LogP contribution >= 0.6 is 11.3 Å². The van der Waals surface area contributed by atoms with Crippen molar-refractivity contribution in [3.63, 3.8) is 0 Å². The van der Waals surface area contributed by atoms with E-state index in [1.54, 1.807) is 12.1 Å². The zero-order chi connectivity index (χ0) is 21.8. The lowest BCUT2D eigenvalue weighted by atomic mass is 10.1. The van der Waals surface area contributed by atoms with Gasteiger partial charge in [0.25, 0.3) is 5.91 Å². The molecule has 0 spiro atoms. The minimum absolute atomic E-state index is 0.0724. The van der Waals surface area contributed by atoms with Crippen LogP contribution in [0.3, 0.4) is 0 Å². The molecule has 7 nitrogen and oxygen atoms in total. The zero-order valence-electron chi connectivity index (χ0n) is 16.7. The van der Waals surface area contributed by atoms with Crippen molar-refractivity contribution in [2.75, 3.05) is 7.11 Å². The Morgan fingerprint density at radius 1 is 1.23 bits per heavy atom. The Hall–Kier alpha value is -3.33. The summed E-state index contributed by atoms with van der Waals surface area (Å²) in [6, 6.07) is 10.2. The summed E-state index contributed by atoms with van der Waals surface area (Å²) in [4.78, 5) is 29.1. The van der Waals surface area contributed by atoms with Crippen LogP contribution in [-0.2, 0) is 13.0 Å². The van der Waals surface area contributed by atoms with Crippen LogP contribution in [0, 0.1) is 15.9 Å². The summed E-state index contributed by atoms with van der Waals surface area (Å²) in [5.41, 5.74) is 1.52. The highest BCUT2D eigenvalue weighted by Gasteiger charge is 2.19. The number of halogens is 1. The Labute approximate surface area is 176 Å². The first kappa shape index (κ1) is 21.4. The molecule has 0 saturated heterocycles. The quantitative estimate of drug-likeness (QED) is 0.423. The van der Waals surface area contributed by atoms with Gasteiger partial charge in [-0.25, -0.2) is 4.39 Å². The number of nitro groups is 1. The molecule has 0 aliphatic carbocycles. The maximum atomic E-state index is 13.4. The van der Waals surface area contributed by atoms with Crippen LogP contribution in [0.15, 0.2) is 47.5 Å². The van der Waals surface area contributed by atoms with Crippen LogP contribution < -0.4 is 9.54 Å². The monoisotopic (exact) mass is 429 g/mol. The van der Waals surface area contributed by atoms with Crippen molar-refractivity contribution in [1.82, 2.24) is 4.57 Å². The Morgan fingerprint density at radius 3 is 2.50 bits per heavy atom. The zero-order valence-corrected chi connectivity index (χ0v) is 17.5. The molecular weight excluding hydrogens is 409 g/mol. The minimum atomic E-state index is -0.602. The van der Waals surface area contributed by atoms with Crippen LogP contribution in [0.1, 0.15) is 29.1 Å². The van der Waals surface area contributed by atoms with Gasteiger partial charge >= 0.3 is 5.69 Å². The highest BCUT2D eigenvalue weighted by atomic mass is 32.1. The number of thiazole rings is 1. The second-order valence-corrected chi connectivity index (χ2v) is 7.38. The predicted molar refractivity (Wildman–Crippen MR) is 112 cm³/mol. The maximum Gasteiger partial charge on any atom is 0.311 e. The lowest BCUT2D eigenvalue weighted by Gasteiger charge is -2.08. The van der Waals surface area contributed by atoms with Crippen molar-refractivity contribution in [1.29, 1.82) is 0 Å². The van der Waals surface area contributed by atoms with Crippen LogP contribution in [0.4, 0.5) is 10.1 Å². The van der Waals surface area contributed by atoms with Crippen molar-refractivity contribution in [3.05, 3.63) is 73.6 Å². The summed E-state index contributed by atoms with van der Waals surface area (Å²) < 4.78 is 20.2. The fourth-order valence-electron chi connectivity index (χ4n) is 3.12. The molecule has 1 heterocycles. The van der Waals surface area contributed by atoms with E-state index >= 15 is 0 Å². The van der Waals surface area contributed by atoms with Crippen molar-refractivity contribution in [3.8, 4) is 17.0 Å². The molecule has 0 unspecified atom stereocenters. The van der Waals surface area contributed by atoms with Crippen LogP contribution in [0.2, 0.25) is 0 Å². The Kier molecular flexibility index (Phi) is 6.41.